The Morgan fingerprint density at radius 1 is 1.24 bits per heavy atom. The van der Waals surface area contributed by atoms with Gasteiger partial charge < -0.3 is 10.6 Å². The van der Waals surface area contributed by atoms with Gasteiger partial charge in [0.25, 0.3) is 0 Å². The minimum absolute atomic E-state index is 0.577. The van der Waals surface area contributed by atoms with Crippen molar-refractivity contribution in [3.05, 3.63) is 28.9 Å². The Morgan fingerprint density at radius 2 is 1.95 bits per heavy atom. The first-order chi connectivity index (χ1) is 10.1. The summed E-state index contributed by atoms with van der Waals surface area (Å²) in [5.74, 6) is 0.857. The highest BCUT2D eigenvalue weighted by Gasteiger charge is 2.24. The van der Waals surface area contributed by atoms with E-state index in [1.165, 1.54) is 25.7 Å². The Bertz CT molecular complexity index is 643. The van der Waals surface area contributed by atoms with E-state index in [0.29, 0.717) is 6.04 Å². The molecule has 3 rings (SSSR count). The minimum atomic E-state index is 0.577. The van der Waals surface area contributed by atoms with E-state index in [1.807, 2.05) is 12.1 Å². The van der Waals surface area contributed by atoms with Crippen LogP contribution in [0.2, 0.25) is 0 Å². The SMILES string of the molecule is CC1CCC(N(C)c2c(N)cnc3ccc(Br)cc23)CC1. The van der Waals surface area contributed by atoms with Gasteiger partial charge in [0.2, 0.25) is 0 Å². The van der Waals surface area contributed by atoms with Crippen molar-refractivity contribution in [3.8, 4) is 0 Å². The summed E-state index contributed by atoms with van der Waals surface area (Å²) in [6.45, 7) is 2.35. The molecule has 1 aromatic carbocycles. The Labute approximate surface area is 134 Å². The van der Waals surface area contributed by atoms with Gasteiger partial charge in [0.15, 0.2) is 0 Å². The van der Waals surface area contributed by atoms with Crippen LogP contribution in [0.1, 0.15) is 32.6 Å². The summed E-state index contributed by atoms with van der Waals surface area (Å²) in [6.07, 6.45) is 6.89. The predicted molar refractivity (Wildman–Crippen MR) is 93.7 cm³/mol. The van der Waals surface area contributed by atoms with E-state index in [-0.39, 0.29) is 0 Å². The molecule has 0 aliphatic heterocycles. The largest absolute Gasteiger partial charge is 0.396 e. The average molecular weight is 348 g/mol. The first-order valence-corrected chi connectivity index (χ1v) is 8.42. The van der Waals surface area contributed by atoms with E-state index in [0.717, 1.165) is 32.7 Å². The van der Waals surface area contributed by atoms with Crippen molar-refractivity contribution in [1.82, 2.24) is 4.98 Å². The molecule has 0 bridgehead atoms. The molecule has 0 radical (unpaired) electrons. The lowest BCUT2D eigenvalue weighted by Crippen LogP contribution is -2.35. The molecule has 0 unspecified atom stereocenters. The molecule has 2 N–H and O–H groups in total. The number of pyridine rings is 1. The fourth-order valence-electron chi connectivity index (χ4n) is 3.37. The fraction of sp³-hybridized carbons (Fsp3) is 0.471. The van der Waals surface area contributed by atoms with Crippen molar-refractivity contribution in [2.45, 2.75) is 38.6 Å². The number of hydrogen-bond donors (Lipinski definition) is 1. The molecule has 1 fully saturated rings. The van der Waals surface area contributed by atoms with Gasteiger partial charge in [-0.05, 0) is 49.8 Å². The number of aromatic nitrogens is 1. The molecule has 21 heavy (non-hydrogen) atoms. The number of hydrogen-bond acceptors (Lipinski definition) is 3. The van der Waals surface area contributed by atoms with E-state index in [2.05, 4.69) is 45.9 Å². The molecule has 1 heterocycles. The molecule has 0 atom stereocenters. The van der Waals surface area contributed by atoms with Crippen LogP contribution in [0.5, 0.6) is 0 Å². The second-order valence-electron chi connectivity index (χ2n) is 6.25. The van der Waals surface area contributed by atoms with Crippen LogP contribution in [0.15, 0.2) is 28.9 Å². The highest BCUT2D eigenvalue weighted by atomic mass is 79.9. The molecule has 0 spiro atoms. The number of rotatable bonds is 2. The van der Waals surface area contributed by atoms with Gasteiger partial charge in [-0.2, -0.15) is 0 Å². The van der Waals surface area contributed by atoms with Gasteiger partial charge in [-0.25, -0.2) is 0 Å². The topological polar surface area (TPSA) is 42.1 Å². The quantitative estimate of drug-likeness (QED) is 0.863. The van der Waals surface area contributed by atoms with E-state index in [4.69, 9.17) is 5.73 Å². The third-order valence-corrected chi connectivity index (χ3v) is 5.21. The first kappa shape index (κ1) is 14.6. The number of nitrogens with zero attached hydrogens (tertiary/aromatic N) is 2. The van der Waals surface area contributed by atoms with Crippen molar-refractivity contribution in [3.63, 3.8) is 0 Å². The van der Waals surface area contributed by atoms with Crippen LogP contribution in [0.3, 0.4) is 0 Å². The molecular weight excluding hydrogens is 326 g/mol. The van der Waals surface area contributed by atoms with Crippen molar-refractivity contribution < 1.29 is 0 Å². The molecule has 1 aromatic heterocycles. The second kappa shape index (κ2) is 5.84. The predicted octanol–water partition coefficient (Wildman–Crippen LogP) is 4.59. The summed E-state index contributed by atoms with van der Waals surface area (Å²) >= 11 is 3.56. The molecular formula is C17H22BrN3. The molecule has 1 aliphatic carbocycles. The van der Waals surface area contributed by atoms with Crippen molar-refractivity contribution >= 4 is 38.2 Å². The van der Waals surface area contributed by atoms with Crippen LogP contribution in [0.25, 0.3) is 10.9 Å². The van der Waals surface area contributed by atoms with Crippen LogP contribution in [0, 0.1) is 5.92 Å². The van der Waals surface area contributed by atoms with Gasteiger partial charge in [0.05, 0.1) is 23.1 Å². The van der Waals surface area contributed by atoms with Gasteiger partial charge >= 0.3 is 0 Å². The lowest BCUT2D eigenvalue weighted by Gasteiger charge is -2.36. The summed E-state index contributed by atoms with van der Waals surface area (Å²) < 4.78 is 1.06. The average Bonchev–Trinajstić information content (AvgIpc) is 2.47. The Kier molecular flexibility index (Phi) is 4.07. The third kappa shape index (κ3) is 2.86. The molecule has 1 saturated carbocycles. The molecule has 0 saturated heterocycles. The van der Waals surface area contributed by atoms with E-state index in [9.17, 15) is 0 Å². The maximum atomic E-state index is 6.25. The monoisotopic (exact) mass is 347 g/mol. The van der Waals surface area contributed by atoms with E-state index >= 15 is 0 Å². The van der Waals surface area contributed by atoms with Gasteiger partial charge in [-0.1, -0.05) is 22.9 Å². The summed E-state index contributed by atoms with van der Waals surface area (Å²) in [6, 6.07) is 6.76. The standard InChI is InChI=1S/C17H22BrN3/c1-11-3-6-13(7-4-11)21(2)17-14-9-12(18)5-8-16(14)20-10-15(17)19/h5,8-11,13H,3-4,6-7,19H2,1-2H3. The first-order valence-electron chi connectivity index (χ1n) is 7.63. The second-order valence-corrected chi connectivity index (χ2v) is 7.16. The maximum absolute atomic E-state index is 6.25. The van der Waals surface area contributed by atoms with Crippen molar-refractivity contribution in [1.29, 1.82) is 0 Å². The Morgan fingerprint density at radius 3 is 2.67 bits per heavy atom. The number of fused-ring (bicyclic) bond motifs is 1. The van der Waals surface area contributed by atoms with Crippen LogP contribution < -0.4 is 10.6 Å². The van der Waals surface area contributed by atoms with Gasteiger partial charge in [0, 0.05) is 22.9 Å². The van der Waals surface area contributed by atoms with E-state index in [1.54, 1.807) is 6.20 Å². The number of nitrogens with two attached hydrogens (primary N) is 1. The molecule has 1 aliphatic rings. The van der Waals surface area contributed by atoms with Crippen LogP contribution >= 0.6 is 15.9 Å². The Balaban J connectivity index is 2.02. The van der Waals surface area contributed by atoms with Gasteiger partial charge in [-0.3, -0.25) is 4.98 Å². The number of anilines is 2. The lowest BCUT2D eigenvalue weighted by atomic mass is 9.86. The van der Waals surface area contributed by atoms with Crippen molar-refractivity contribution in [2.24, 2.45) is 5.92 Å². The minimum Gasteiger partial charge on any atom is -0.396 e. The molecule has 4 heteroatoms. The highest BCUT2D eigenvalue weighted by Crippen LogP contribution is 2.36. The summed E-state index contributed by atoms with van der Waals surface area (Å²) in [5.41, 5.74) is 9.14. The fourth-order valence-corrected chi connectivity index (χ4v) is 3.73. The maximum Gasteiger partial charge on any atom is 0.0745 e. The van der Waals surface area contributed by atoms with Crippen LogP contribution in [-0.4, -0.2) is 18.1 Å². The normalized spacial score (nSPS) is 22.4. The lowest BCUT2D eigenvalue weighted by molar-refractivity contribution is 0.341. The van der Waals surface area contributed by atoms with Gasteiger partial charge in [0.1, 0.15) is 0 Å². The van der Waals surface area contributed by atoms with Crippen LogP contribution in [0.4, 0.5) is 11.4 Å². The Hall–Kier alpha value is -1.29. The number of benzene rings is 1. The third-order valence-electron chi connectivity index (χ3n) is 4.72. The molecule has 2 aromatic rings. The van der Waals surface area contributed by atoms with Gasteiger partial charge in [-0.15, -0.1) is 0 Å². The van der Waals surface area contributed by atoms with E-state index < -0.39 is 0 Å². The molecule has 0 amide bonds. The van der Waals surface area contributed by atoms with Crippen LogP contribution in [-0.2, 0) is 0 Å². The zero-order chi connectivity index (χ0) is 15.0. The molecule has 112 valence electrons. The molecule has 3 nitrogen and oxygen atoms in total. The smallest absolute Gasteiger partial charge is 0.0745 e. The summed E-state index contributed by atoms with van der Waals surface area (Å²) in [7, 11) is 2.17. The summed E-state index contributed by atoms with van der Waals surface area (Å²) in [5, 5.41) is 1.13. The number of nitrogen functional groups attached to an aromatic ring is 1. The van der Waals surface area contributed by atoms with Crippen molar-refractivity contribution in [2.75, 3.05) is 17.7 Å². The zero-order valence-electron chi connectivity index (χ0n) is 12.6. The zero-order valence-corrected chi connectivity index (χ0v) is 14.2. The summed E-state index contributed by atoms with van der Waals surface area (Å²) in [4.78, 5) is 6.82. The number of halogens is 1. The highest BCUT2D eigenvalue weighted by molar-refractivity contribution is 9.10.